The van der Waals surface area contributed by atoms with Crippen LogP contribution in [-0.2, 0) is 0 Å². The number of nitrogens with zero attached hydrogens (tertiary/aromatic N) is 4. The molecule has 3 heterocycles. The minimum atomic E-state index is 0.681. The van der Waals surface area contributed by atoms with Gasteiger partial charge in [-0.2, -0.15) is 0 Å². The number of rotatable bonds is 2. The normalized spacial score (nSPS) is 24.1. The third-order valence-corrected chi connectivity index (χ3v) is 4.39. The Bertz CT molecular complexity index is 599. The number of piperidine rings is 1. The molecular weight excluding hydrogens is 236 g/mol. The SMILES string of the molecule is CC1CCCN(c2ncnc3c2ccn3C2CC2)C1. The van der Waals surface area contributed by atoms with Crippen molar-refractivity contribution in [2.45, 2.75) is 38.6 Å². The van der Waals surface area contributed by atoms with E-state index in [9.17, 15) is 0 Å². The van der Waals surface area contributed by atoms with Gasteiger partial charge >= 0.3 is 0 Å². The molecule has 0 amide bonds. The number of fused-ring (bicyclic) bond motifs is 1. The number of hydrogen-bond acceptors (Lipinski definition) is 3. The summed E-state index contributed by atoms with van der Waals surface area (Å²) in [7, 11) is 0. The minimum absolute atomic E-state index is 0.681. The number of aromatic nitrogens is 3. The Balaban J connectivity index is 1.77. The van der Waals surface area contributed by atoms with Crippen LogP contribution in [0.15, 0.2) is 18.6 Å². The lowest BCUT2D eigenvalue weighted by Gasteiger charge is -2.32. The van der Waals surface area contributed by atoms with Gasteiger partial charge in [0, 0.05) is 25.3 Å². The second-order valence-electron chi connectivity index (χ2n) is 6.08. The van der Waals surface area contributed by atoms with Crippen molar-refractivity contribution in [2.24, 2.45) is 5.92 Å². The molecule has 4 heteroatoms. The second kappa shape index (κ2) is 4.22. The van der Waals surface area contributed by atoms with Crippen LogP contribution in [0.1, 0.15) is 38.6 Å². The molecule has 1 aliphatic carbocycles. The summed E-state index contributed by atoms with van der Waals surface area (Å²) in [6.07, 6.45) is 9.13. The molecule has 2 aromatic rings. The van der Waals surface area contributed by atoms with E-state index >= 15 is 0 Å². The lowest BCUT2D eigenvalue weighted by molar-refractivity contribution is 0.445. The first kappa shape index (κ1) is 11.3. The van der Waals surface area contributed by atoms with E-state index < -0.39 is 0 Å². The van der Waals surface area contributed by atoms with Crippen LogP contribution in [0.2, 0.25) is 0 Å². The van der Waals surface area contributed by atoms with Crippen LogP contribution in [0, 0.1) is 5.92 Å². The molecular formula is C15H20N4. The van der Waals surface area contributed by atoms with Gasteiger partial charge in [-0.15, -0.1) is 0 Å². The molecule has 1 atom stereocenters. The van der Waals surface area contributed by atoms with Gasteiger partial charge in [0.2, 0.25) is 0 Å². The second-order valence-corrected chi connectivity index (χ2v) is 6.08. The molecule has 2 fully saturated rings. The molecule has 1 unspecified atom stereocenters. The van der Waals surface area contributed by atoms with Crippen molar-refractivity contribution in [2.75, 3.05) is 18.0 Å². The molecule has 0 radical (unpaired) electrons. The average Bonchev–Trinajstić information content (AvgIpc) is 3.18. The molecule has 1 aliphatic heterocycles. The standard InChI is InChI=1S/C15H20N4/c1-11-3-2-7-18(9-11)14-13-6-8-19(12-4-5-12)15(13)17-10-16-14/h6,8,10-12H,2-5,7,9H2,1H3. The van der Waals surface area contributed by atoms with E-state index in [4.69, 9.17) is 0 Å². The third-order valence-electron chi connectivity index (χ3n) is 4.39. The van der Waals surface area contributed by atoms with Crippen LogP contribution in [0.25, 0.3) is 11.0 Å². The van der Waals surface area contributed by atoms with Crippen LogP contribution in [-0.4, -0.2) is 27.6 Å². The summed E-state index contributed by atoms with van der Waals surface area (Å²) in [5, 5.41) is 1.23. The first-order valence-corrected chi connectivity index (χ1v) is 7.39. The van der Waals surface area contributed by atoms with Crippen molar-refractivity contribution < 1.29 is 0 Å². The van der Waals surface area contributed by atoms with E-state index in [1.165, 1.54) is 31.1 Å². The molecule has 1 saturated heterocycles. The summed E-state index contributed by atoms with van der Waals surface area (Å²) in [6.45, 7) is 4.59. The van der Waals surface area contributed by atoms with E-state index in [-0.39, 0.29) is 0 Å². The molecule has 1 saturated carbocycles. The highest BCUT2D eigenvalue weighted by atomic mass is 15.2. The van der Waals surface area contributed by atoms with Crippen molar-refractivity contribution in [1.29, 1.82) is 0 Å². The van der Waals surface area contributed by atoms with E-state index in [0.29, 0.717) is 6.04 Å². The van der Waals surface area contributed by atoms with Gasteiger partial charge in [0.05, 0.1) is 5.39 Å². The van der Waals surface area contributed by atoms with Crippen LogP contribution >= 0.6 is 0 Å². The lowest BCUT2D eigenvalue weighted by atomic mass is 10.0. The molecule has 0 N–H and O–H groups in total. The van der Waals surface area contributed by atoms with Crippen LogP contribution in [0.4, 0.5) is 5.82 Å². The summed E-state index contributed by atoms with van der Waals surface area (Å²) in [6, 6.07) is 2.88. The Hall–Kier alpha value is -1.58. The predicted molar refractivity (Wildman–Crippen MR) is 76.4 cm³/mol. The maximum absolute atomic E-state index is 4.56. The van der Waals surface area contributed by atoms with Crippen molar-refractivity contribution in [1.82, 2.24) is 14.5 Å². The lowest BCUT2D eigenvalue weighted by Crippen LogP contribution is -2.34. The zero-order valence-electron chi connectivity index (χ0n) is 11.4. The van der Waals surface area contributed by atoms with Crippen molar-refractivity contribution >= 4 is 16.9 Å². The van der Waals surface area contributed by atoms with Crippen molar-refractivity contribution in [3.8, 4) is 0 Å². The van der Waals surface area contributed by atoms with Gasteiger partial charge in [0.25, 0.3) is 0 Å². The highest BCUT2D eigenvalue weighted by Crippen LogP contribution is 2.38. The van der Waals surface area contributed by atoms with Gasteiger partial charge in [-0.25, -0.2) is 9.97 Å². The molecule has 0 bridgehead atoms. The van der Waals surface area contributed by atoms with Crippen molar-refractivity contribution in [3.63, 3.8) is 0 Å². The molecule has 4 nitrogen and oxygen atoms in total. The summed E-state index contributed by atoms with van der Waals surface area (Å²) < 4.78 is 2.33. The van der Waals surface area contributed by atoms with E-state index in [0.717, 1.165) is 30.5 Å². The van der Waals surface area contributed by atoms with Gasteiger partial charge in [-0.1, -0.05) is 6.92 Å². The molecule has 19 heavy (non-hydrogen) atoms. The molecule has 0 aromatic carbocycles. The van der Waals surface area contributed by atoms with Crippen molar-refractivity contribution in [3.05, 3.63) is 18.6 Å². The predicted octanol–water partition coefficient (Wildman–Crippen LogP) is 3.00. The van der Waals surface area contributed by atoms with Gasteiger partial charge in [-0.05, 0) is 37.7 Å². The Kier molecular flexibility index (Phi) is 2.50. The number of anilines is 1. The maximum Gasteiger partial charge on any atom is 0.145 e. The molecule has 100 valence electrons. The van der Waals surface area contributed by atoms with Gasteiger partial charge < -0.3 is 9.47 Å². The van der Waals surface area contributed by atoms with Crippen LogP contribution in [0.3, 0.4) is 0 Å². The molecule has 4 rings (SSSR count). The summed E-state index contributed by atoms with van der Waals surface area (Å²) in [5.41, 5.74) is 1.12. The fourth-order valence-corrected chi connectivity index (χ4v) is 3.24. The average molecular weight is 256 g/mol. The first-order chi connectivity index (χ1) is 9.33. The third kappa shape index (κ3) is 1.90. The van der Waals surface area contributed by atoms with Gasteiger partial charge in [0.1, 0.15) is 17.8 Å². The monoisotopic (exact) mass is 256 g/mol. The Morgan fingerprint density at radius 3 is 2.89 bits per heavy atom. The van der Waals surface area contributed by atoms with E-state index in [2.05, 4.69) is 38.6 Å². The molecule has 2 aromatic heterocycles. The highest BCUT2D eigenvalue weighted by molar-refractivity contribution is 5.88. The molecule has 0 spiro atoms. The van der Waals surface area contributed by atoms with Gasteiger partial charge in [-0.3, -0.25) is 0 Å². The quantitative estimate of drug-likeness (QED) is 0.828. The maximum atomic E-state index is 4.56. The zero-order chi connectivity index (χ0) is 12.8. The van der Waals surface area contributed by atoms with Gasteiger partial charge in [0.15, 0.2) is 0 Å². The Morgan fingerprint density at radius 2 is 2.11 bits per heavy atom. The summed E-state index contributed by atoms with van der Waals surface area (Å²) >= 11 is 0. The molecule has 2 aliphatic rings. The first-order valence-electron chi connectivity index (χ1n) is 7.39. The largest absolute Gasteiger partial charge is 0.356 e. The fraction of sp³-hybridized carbons (Fsp3) is 0.600. The zero-order valence-corrected chi connectivity index (χ0v) is 11.4. The minimum Gasteiger partial charge on any atom is -0.356 e. The van der Waals surface area contributed by atoms with E-state index in [1.807, 2.05) is 0 Å². The summed E-state index contributed by atoms with van der Waals surface area (Å²) in [4.78, 5) is 11.5. The van der Waals surface area contributed by atoms with E-state index in [1.54, 1.807) is 6.33 Å². The highest BCUT2D eigenvalue weighted by Gasteiger charge is 2.26. The fourth-order valence-electron chi connectivity index (χ4n) is 3.24. The topological polar surface area (TPSA) is 34.0 Å². The smallest absolute Gasteiger partial charge is 0.145 e. The van der Waals surface area contributed by atoms with Crippen LogP contribution in [0.5, 0.6) is 0 Å². The Labute approximate surface area is 113 Å². The Morgan fingerprint density at radius 1 is 1.21 bits per heavy atom. The van der Waals surface area contributed by atoms with Crippen LogP contribution < -0.4 is 4.90 Å². The number of hydrogen-bond donors (Lipinski definition) is 0. The summed E-state index contributed by atoms with van der Waals surface area (Å²) in [5.74, 6) is 1.90.